The number of ether oxygens (including phenoxy) is 1. The number of hydrogen-bond acceptors (Lipinski definition) is 4. The van der Waals surface area contributed by atoms with Gasteiger partial charge in [0.2, 0.25) is 0 Å². The molecule has 0 bridgehead atoms. The predicted molar refractivity (Wildman–Crippen MR) is 92.3 cm³/mol. The Hall–Kier alpha value is -2.05. The molecular formula is C18H22O5S. The molecule has 0 aliphatic carbocycles. The Kier molecular flexibility index (Phi) is 6.23. The minimum atomic E-state index is -4.35. The third kappa shape index (κ3) is 5.25. The maximum Gasteiger partial charge on any atom is 0.294 e. The molecule has 0 saturated heterocycles. The summed E-state index contributed by atoms with van der Waals surface area (Å²) >= 11 is 0. The monoisotopic (exact) mass is 350 g/mol. The smallest absolute Gasteiger partial charge is 0.294 e. The quantitative estimate of drug-likeness (QED) is 0.539. The van der Waals surface area contributed by atoms with Gasteiger partial charge in [-0.3, -0.25) is 4.55 Å². The molecule has 2 aromatic carbocycles. The van der Waals surface area contributed by atoms with E-state index in [0.717, 1.165) is 25.0 Å². The summed E-state index contributed by atoms with van der Waals surface area (Å²) in [5.74, 6) is 0.252. The molecule has 0 aliphatic heterocycles. The number of rotatable bonds is 8. The predicted octanol–water partition coefficient (Wildman–Crippen LogP) is 4.55. The summed E-state index contributed by atoms with van der Waals surface area (Å²) in [6.07, 6.45) is 5.81. The summed E-state index contributed by atoms with van der Waals surface area (Å²) < 4.78 is 36.9. The molecular weight excluding hydrogens is 328 g/mol. The van der Waals surface area contributed by atoms with Crippen LogP contribution in [0.2, 0.25) is 0 Å². The van der Waals surface area contributed by atoms with E-state index in [2.05, 4.69) is 6.92 Å². The fourth-order valence-corrected chi connectivity index (χ4v) is 2.84. The second kappa shape index (κ2) is 8.17. The van der Waals surface area contributed by atoms with Gasteiger partial charge in [-0.1, -0.05) is 38.3 Å². The number of aryl methyl sites for hydroxylation is 1. The normalized spacial score (nSPS) is 11.4. The van der Waals surface area contributed by atoms with Crippen molar-refractivity contribution in [2.45, 2.75) is 43.9 Å². The molecule has 0 atom stereocenters. The first-order valence-corrected chi connectivity index (χ1v) is 9.41. The van der Waals surface area contributed by atoms with Gasteiger partial charge in [0.25, 0.3) is 10.1 Å². The molecule has 0 amide bonds. The molecule has 24 heavy (non-hydrogen) atoms. The van der Waals surface area contributed by atoms with Gasteiger partial charge in [0.1, 0.15) is 5.75 Å². The summed E-state index contributed by atoms with van der Waals surface area (Å²) in [7, 11) is -4.35. The molecule has 5 nitrogen and oxygen atoms in total. The fraction of sp³-hybridized carbons (Fsp3) is 0.333. The van der Waals surface area contributed by atoms with E-state index in [1.165, 1.54) is 30.9 Å². The van der Waals surface area contributed by atoms with E-state index in [9.17, 15) is 13.5 Å². The largest absolute Gasteiger partial charge is 0.504 e. The van der Waals surface area contributed by atoms with Gasteiger partial charge < -0.3 is 9.84 Å². The number of benzene rings is 2. The van der Waals surface area contributed by atoms with Gasteiger partial charge in [0.05, 0.1) is 4.90 Å². The molecule has 2 aromatic rings. The van der Waals surface area contributed by atoms with Crippen molar-refractivity contribution in [2.75, 3.05) is 0 Å². The maximum absolute atomic E-state index is 11.2. The Balaban J connectivity index is 2.06. The Morgan fingerprint density at radius 1 is 1.00 bits per heavy atom. The van der Waals surface area contributed by atoms with Crippen molar-refractivity contribution in [2.24, 2.45) is 0 Å². The number of aromatic hydroxyl groups is 1. The van der Waals surface area contributed by atoms with Gasteiger partial charge in [-0.25, -0.2) is 0 Å². The van der Waals surface area contributed by atoms with Crippen molar-refractivity contribution < 1.29 is 22.8 Å². The molecule has 0 saturated carbocycles. The molecule has 0 aromatic heterocycles. The van der Waals surface area contributed by atoms with Gasteiger partial charge in [-0.05, 0) is 42.7 Å². The highest BCUT2D eigenvalue weighted by Gasteiger charge is 2.14. The molecule has 0 fully saturated rings. The Bertz CT molecular complexity index is 766. The van der Waals surface area contributed by atoms with Crippen LogP contribution in [-0.2, 0) is 16.5 Å². The zero-order valence-corrected chi connectivity index (χ0v) is 14.4. The zero-order valence-electron chi connectivity index (χ0n) is 13.6. The number of hydrogen-bond donors (Lipinski definition) is 2. The minimum absolute atomic E-state index is 0.0270. The van der Waals surface area contributed by atoms with E-state index >= 15 is 0 Å². The Morgan fingerprint density at radius 2 is 1.71 bits per heavy atom. The second-order valence-corrected chi connectivity index (χ2v) is 7.08. The van der Waals surface area contributed by atoms with Crippen molar-refractivity contribution in [1.29, 1.82) is 0 Å². The van der Waals surface area contributed by atoms with Crippen LogP contribution in [0.3, 0.4) is 0 Å². The topological polar surface area (TPSA) is 83.8 Å². The van der Waals surface area contributed by atoms with Crippen LogP contribution in [0.25, 0.3) is 0 Å². The molecule has 0 unspecified atom stereocenters. The lowest BCUT2D eigenvalue weighted by molar-refractivity contribution is 0.409. The van der Waals surface area contributed by atoms with Crippen molar-refractivity contribution in [3.63, 3.8) is 0 Å². The van der Waals surface area contributed by atoms with Crippen LogP contribution >= 0.6 is 0 Å². The molecule has 0 radical (unpaired) electrons. The van der Waals surface area contributed by atoms with Crippen LogP contribution in [-0.4, -0.2) is 18.1 Å². The summed E-state index contributed by atoms with van der Waals surface area (Å²) in [5.41, 5.74) is 1.20. The van der Waals surface area contributed by atoms with Gasteiger partial charge in [0, 0.05) is 6.07 Å². The Morgan fingerprint density at radius 3 is 2.33 bits per heavy atom. The SMILES string of the molecule is CCCCCCc1ccc(Oc2cc(S(=O)(=O)O)ccc2O)cc1. The van der Waals surface area contributed by atoms with E-state index in [1.54, 1.807) is 12.1 Å². The summed E-state index contributed by atoms with van der Waals surface area (Å²) in [4.78, 5) is -0.331. The van der Waals surface area contributed by atoms with E-state index in [4.69, 9.17) is 9.29 Å². The van der Waals surface area contributed by atoms with Crippen LogP contribution in [0, 0.1) is 0 Å². The first-order valence-electron chi connectivity index (χ1n) is 7.97. The zero-order chi connectivity index (χ0) is 17.6. The third-order valence-electron chi connectivity index (χ3n) is 3.70. The highest BCUT2D eigenvalue weighted by Crippen LogP contribution is 2.32. The molecule has 2 N–H and O–H groups in total. The van der Waals surface area contributed by atoms with Gasteiger partial charge in [0.15, 0.2) is 11.5 Å². The van der Waals surface area contributed by atoms with Gasteiger partial charge in [-0.15, -0.1) is 0 Å². The first kappa shape index (κ1) is 18.3. The van der Waals surface area contributed by atoms with Crippen molar-refractivity contribution >= 4 is 10.1 Å². The summed E-state index contributed by atoms with van der Waals surface area (Å²) in [6, 6.07) is 10.8. The molecule has 0 aliphatic rings. The van der Waals surface area contributed by atoms with Crippen LogP contribution in [0.1, 0.15) is 38.2 Å². The fourth-order valence-electron chi connectivity index (χ4n) is 2.34. The number of phenolic OH excluding ortho intramolecular Hbond substituents is 1. The number of unbranched alkanes of at least 4 members (excludes halogenated alkanes) is 3. The van der Waals surface area contributed by atoms with E-state index in [1.807, 2.05) is 12.1 Å². The highest BCUT2D eigenvalue weighted by atomic mass is 32.2. The first-order chi connectivity index (χ1) is 11.4. The van der Waals surface area contributed by atoms with Gasteiger partial charge >= 0.3 is 0 Å². The standard InChI is InChI=1S/C18H22O5S/c1-2-3-4-5-6-14-7-9-15(10-8-14)23-18-13-16(24(20,21)22)11-12-17(18)19/h7-13,19H,2-6H2,1H3,(H,20,21,22). The Labute approximate surface area is 142 Å². The minimum Gasteiger partial charge on any atom is -0.504 e. The van der Waals surface area contributed by atoms with Crippen LogP contribution in [0.5, 0.6) is 17.2 Å². The van der Waals surface area contributed by atoms with Crippen LogP contribution in [0.4, 0.5) is 0 Å². The number of phenols is 1. The average molecular weight is 350 g/mol. The lowest BCUT2D eigenvalue weighted by atomic mass is 10.1. The molecule has 2 rings (SSSR count). The van der Waals surface area contributed by atoms with E-state index in [-0.39, 0.29) is 16.4 Å². The average Bonchev–Trinajstić information content (AvgIpc) is 2.54. The maximum atomic E-state index is 11.2. The van der Waals surface area contributed by atoms with Crippen molar-refractivity contribution in [3.05, 3.63) is 48.0 Å². The third-order valence-corrected chi connectivity index (χ3v) is 4.55. The lowest BCUT2D eigenvalue weighted by Crippen LogP contribution is -1.98. The van der Waals surface area contributed by atoms with Crippen LogP contribution in [0.15, 0.2) is 47.4 Å². The lowest BCUT2D eigenvalue weighted by Gasteiger charge is -2.09. The molecule has 6 heteroatoms. The van der Waals surface area contributed by atoms with E-state index in [0.29, 0.717) is 5.75 Å². The van der Waals surface area contributed by atoms with Crippen LogP contribution < -0.4 is 4.74 Å². The second-order valence-electron chi connectivity index (χ2n) is 5.66. The van der Waals surface area contributed by atoms with Crippen molar-refractivity contribution in [1.82, 2.24) is 0 Å². The molecule has 130 valence electrons. The molecule has 0 heterocycles. The summed E-state index contributed by atoms with van der Waals surface area (Å²) in [5, 5.41) is 9.78. The highest BCUT2D eigenvalue weighted by molar-refractivity contribution is 7.85. The molecule has 0 spiro atoms. The summed E-state index contributed by atoms with van der Waals surface area (Å²) in [6.45, 7) is 2.18. The van der Waals surface area contributed by atoms with Gasteiger partial charge in [-0.2, -0.15) is 8.42 Å². The van der Waals surface area contributed by atoms with E-state index < -0.39 is 10.1 Å². The van der Waals surface area contributed by atoms with Crippen molar-refractivity contribution in [3.8, 4) is 17.2 Å².